The van der Waals surface area contributed by atoms with Gasteiger partial charge in [0.15, 0.2) is 6.10 Å². The molecule has 6 N–H and O–H groups in total. The number of amides is 5. The van der Waals surface area contributed by atoms with Crippen molar-refractivity contribution in [2.75, 3.05) is 34.9 Å². The van der Waals surface area contributed by atoms with Crippen LogP contribution in [-0.2, 0) is 56.1 Å². The molecular weight excluding hydrogens is 1040 g/mol. The number of nitrogens with zero attached hydrogens (tertiary/aromatic N) is 6. The lowest BCUT2D eigenvalue weighted by atomic mass is 9.89. The van der Waals surface area contributed by atoms with Gasteiger partial charge in [0.2, 0.25) is 29.9 Å². The molecule has 0 aliphatic carbocycles. The summed E-state index contributed by atoms with van der Waals surface area (Å²) in [6.07, 6.45) is -8.03. The Kier molecular flexibility index (Phi) is 23.5. The van der Waals surface area contributed by atoms with Crippen molar-refractivity contribution >= 4 is 46.7 Å². The molecule has 5 amide bonds. The molecule has 2 fully saturated rings. The van der Waals surface area contributed by atoms with E-state index in [-0.39, 0.29) is 59.6 Å². The van der Waals surface area contributed by atoms with Crippen LogP contribution in [0.3, 0.4) is 0 Å². The predicted molar refractivity (Wildman–Crippen MR) is 291 cm³/mol. The van der Waals surface area contributed by atoms with Crippen molar-refractivity contribution in [3.8, 4) is 5.75 Å². The lowest BCUT2D eigenvalue weighted by Gasteiger charge is -2.41. The van der Waals surface area contributed by atoms with E-state index in [1.807, 2.05) is 32.0 Å². The number of nitrogens with one attached hydrogen (secondary N) is 2. The minimum absolute atomic E-state index is 0.0395. The highest BCUT2D eigenvalue weighted by atomic mass is 16.7. The van der Waals surface area contributed by atoms with Crippen LogP contribution in [0.25, 0.3) is 21.4 Å². The molecule has 0 bridgehead atoms. The molecule has 24 nitrogen and oxygen atoms in total. The maximum Gasteiger partial charge on any atom is 0.410 e. The standard InChI is InChI=1S/C56H82N8O16/c1-13-31(6)46(41(75-11)26-43(66)64-23-17-20-38(64)49(76-12)32(7)51(69)59-33(8)47(67)34-18-15-14-16-19-34)62(9)53(71)44(29(2)3)60-52(70)45(30(4)5)63(10)56(74)77-28-35-21-22-40(37-24-36(27-58-61-57)78-50(35)37)79-55-48(68)39(65)25-42(80-55)54(72)73/h14-16,18-19,21-22,24,29-33,38-39,41-42,44-49,55,65,67-68H,13,17,20,23,25-28H2,1-12H3,(H,59,69)(H,60,70)(H,72,73)/t31-,32+,33+,38-,39-,41+,42-,44-,45-,46-,47+,48+,49+,55+/m0/s1. The van der Waals surface area contributed by atoms with E-state index in [2.05, 4.69) is 20.7 Å². The van der Waals surface area contributed by atoms with Gasteiger partial charge in [0.1, 0.15) is 41.9 Å². The molecule has 0 radical (unpaired) electrons. The van der Waals surface area contributed by atoms with Crippen molar-refractivity contribution in [1.29, 1.82) is 0 Å². The number of likely N-dealkylation sites (N-methyl/N-ethyl adjacent to an activating group) is 2. The third-order valence-corrected chi connectivity index (χ3v) is 15.4. The topological polar surface area (TPSA) is 325 Å². The van der Waals surface area contributed by atoms with Crippen LogP contribution in [0, 0.1) is 23.7 Å². The van der Waals surface area contributed by atoms with E-state index in [0.29, 0.717) is 36.9 Å². The number of benzene rings is 2. The molecule has 0 spiro atoms. The van der Waals surface area contributed by atoms with Gasteiger partial charge in [-0.1, -0.05) is 90.3 Å². The molecule has 0 unspecified atom stereocenters. The number of carbonyl (C=O) groups is 6. The lowest BCUT2D eigenvalue weighted by Crippen LogP contribution is -2.60. The number of aliphatic carboxylic acids is 1. The zero-order chi connectivity index (χ0) is 59.3. The molecule has 24 heteroatoms. The van der Waals surface area contributed by atoms with Crippen LogP contribution in [0.4, 0.5) is 4.79 Å². The predicted octanol–water partition coefficient (Wildman–Crippen LogP) is 5.44. The summed E-state index contributed by atoms with van der Waals surface area (Å²) < 4.78 is 35.0. The largest absolute Gasteiger partial charge is 0.479 e. The fourth-order valence-electron chi connectivity index (χ4n) is 10.8. The Bertz CT molecular complexity index is 2630. The Morgan fingerprint density at radius 3 is 2.21 bits per heavy atom. The summed E-state index contributed by atoms with van der Waals surface area (Å²) in [4.78, 5) is 90.0. The van der Waals surface area contributed by atoms with Gasteiger partial charge in [-0.2, -0.15) is 0 Å². The second-order valence-corrected chi connectivity index (χ2v) is 21.6. The molecule has 3 aromatic rings. The highest BCUT2D eigenvalue weighted by molar-refractivity contribution is 5.92. The first kappa shape index (κ1) is 64.3. The molecule has 5 rings (SSSR count). The van der Waals surface area contributed by atoms with Crippen molar-refractivity contribution in [2.24, 2.45) is 28.8 Å². The summed E-state index contributed by atoms with van der Waals surface area (Å²) in [7, 11) is 6.01. The number of carboxylic acid groups (broad SMARTS) is 1. The van der Waals surface area contributed by atoms with Gasteiger partial charge in [-0.15, -0.1) is 0 Å². The van der Waals surface area contributed by atoms with Crippen LogP contribution in [0.5, 0.6) is 5.75 Å². The van der Waals surface area contributed by atoms with Gasteiger partial charge < -0.3 is 69.0 Å². The van der Waals surface area contributed by atoms with Crippen LogP contribution in [0.2, 0.25) is 0 Å². The summed E-state index contributed by atoms with van der Waals surface area (Å²) in [5.74, 6) is -4.58. The number of furan rings is 1. The highest BCUT2D eigenvalue weighted by Crippen LogP contribution is 2.36. The van der Waals surface area contributed by atoms with Crippen LogP contribution in [0.1, 0.15) is 110 Å². The summed E-state index contributed by atoms with van der Waals surface area (Å²) in [5.41, 5.74) is 10.1. The summed E-state index contributed by atoms with van der Waals surface area (Å²) in [6, 6.07) is 9.54. The summed E-state index contributed by atoms with van der Waals surface area (Å²) >= 11 is 0. The number of hydrogen-bond donors (Lipinski definition) is 6. The Balaban J connectivity index is 1.28. The maximum absolute atomic E-state index is 14.8. The number of aliphatic hydroxyl groups excluding tert-OH is 3. The molecule has 3 heterocycles. The summed E-state index contributed by atoms with van der Waals surface area (Å²) in [5, 5.41) is 51.0. The molecule has 2 aromatic carbocycles. The van der Waals surface area contributed by atoms with E-state index < -0.39 is 121 Å². The lowest BCUT2D eigenvalue weighted by molar-refractivity contribution is -0.237. The molecule has 2 saturated heterocycles. The molecular formula is C56H82N8O16. The van der Waals surface area contributed by atoms with Gasteiger partial charge in [-0.3, -0.25) is 24.1 Å². The Hall–Kier alpha value is -6.53. The average Bonchev–Trinajstić information content (AvgIpc) is 4.13. The first-order valence-corrected chi connectivity index (χ1v) is 27.2. The monoisotopic (exact) mass is 1120 g/mol. The van der Waals surface area contributed by atoms with Crippen LogP contribution in [-0.4, -0.2) is 173 Å². The van der Waals surface area contributed by atoms with Gasteiger partial charge in [0.25, 0.3) is 0 Å². The number of likely N-dealkylation sites (tertiary alicyclic amines) is 1. The first-order chi connectivity index (χ1) is 37.9. The number of rotatable bonds is 27. The van der Waals surface area contributed by atoms with Crippen LogP contribution < -0.4 is 15.4 Å². The second-order valence-electron chi connectivity index (χ2n) is 21.6. The number of azide groups is 1. The number of ether oxygens (including phenoxy) is 5. The fraction of sp³-hybridized carbons (Fsp3) is 0.643. The van der Waals surface area contributed by atoms with Crippen molar-refractivity contribution in [2.45, 2.75) is 174 Å². The minimum Gasteiger partial charge on any atom is -0.479 e. The maximum atomic E-state index is 14.8. The van der Waals surface area contributed by atoms with Crippen molar-refractivity contribution in [3.63, 3.8) is 0 Å². The van der Waals surface area contributed by atoms with Crippen molar-refractivity contribution in [1.82, 2.24) is 25.3 Å². The van der Waals surface area contributed by atoms with Crippen LogP contribution in [0.15, 0.2) is 58.1 Å². The minimum atomic E-state index is -1.61. The van der Waals surface area contributed by atoms with E-state index in [0.717, 1.165) is 4.90 Å². The van der Waals surface area contributed by atoms with E-state index >= 15 is 0 Å². The van der Waals surface area contributed by atoms with Gasteiger partial charge in [-0.25, -0.2) is 9.59 Å². The SMILES string of the molecule is CC[C@H](C)[C@@H]([C@@H](CC(=O)N1CCC[C@H]1[C@H](OC)[C@@H](C)C(=O)N[C@H](C)[C@@H](O)c1ccccc1)OC)N(C)C(=O)[C@@H](NC(=O)[C@H](C(C)C)N(C)C(=O)OCc1ccc(O[C@@H]2O[C@H](C(=O)O)C[C@H](O)[C@H]2O)c2cc(CN=[N+]=[N-])oc12)C(C)C. The van der Waals surface area contributed by atoms with E-state index in [9.17, 15) is 49.2 Å². The summed E-state index contributed by atoms with van der Waals surface area (Å²) in [6.45, 7) is 14.2. The average molecular weight is 1120 g/mol. The van der Waals surface area contributed by atoms with Crippen LogP contribution >= 0.6 is 0 Å². The first-order valence-electron chi connectivity index (χ1n) is 27.2. The third kappa shape index (κ3) is 15.5. The molecule has 442 valence electrons. The number of methoxy groups -OCH3 is 2. The quantitative estimate of drug-likeness (QED) is 0.0315. The number of carboxylic acids is 1. The van der Waals surface area contributed by atoms with Gasteiger partial charge in [0, 0.05) is 51.8 Å². The number of aliphatic hydroxyl groups is 3. The molecule has 0 saturated carbocycles. The van der Waals surface area contributed by atoms with Gasteiger partial charge in [-0.05, 0) is 66.8 Å². The number of hydrogen-bond acceptors (Lipinski definition) is 16. The van der Waals surface area contributed by atoms with Crippen molar-refractivity contribution < 1.29 is 77.3 Å². The number of carbonyl (C=O) groups excluding carboxylic acids is 5. The molecule has 2 aliphatic rings. The molecule has 2 aliphatic heterocycles. The van der Waals surface area contributed by atoms with Gasteiger partial charge in [0.05, 0.1) is 66.8 Å². The number of fused-ring (bicyclic) bond motifs is 1. The third-order valence-electron chi connectivity index (χ3n) is 15.4. The molecule has 80 heavy (non-hydrogen) atoms. The zero-order valence-corrected chi connectivity index (χ0v) is 47.9. The highest BCUT2D eigenvalue weighted by Gasteiger charge is 2.45. The Morgan fingerprint density at radius 2 is 1.61 bits per heavy atom. The van der Waals surface area contributed by atoms with E-state index in [1.165, 1.54) is 44.4 Å². The normalized spacial score (nSPS) is 21.7. The Labute approximate surface area is 467 Å². The smallest absolute Gasteiger partial charge is 0.410 e. The molecule has 1 aromatic heterocycles. The van der Waals surface area contributed by atoms with Crippen molar-refractivity contribution in [3.05, 3.63) is 75.9 Å². The van der Waals surface area contributed by atoms with E-state index in [4.69, 9.17) is 33.6 Å². The zero-order valence-electron chi connectivity index (χ0n) is 47.9. The fourth-order valence-corrected chi connectivity index (χ4v) is 10.8. The molecule has 14 atom stereocenters. The Morgan fingerprint density at radius 1 is 0.925 bits per heavy atom. The van der Waals surface area contributed by atoms with Gasteiger partial charge >= 0.3 is 12.1 Å². The van der Waals surface area contributed by atoms with E-state index in [1.54, 1.807) is 65.6 Å². The second kappa shape index (κ2) is 29.3.